The molecule has 152 valence electrons. The lowest BCUT2D eigenvalue weighted by Gasteiger charge is -2.20. The molecule has 0 bridgehead atoms. The van der Waals surface area contributed by atoms with Crippen LogP contribution in [0.2, 0.25) is 5.02 Å². The molecule has 1 fully saturated rings. The van der Waals surface area contributed by atoms with Crippen LogP contribution in [-0.2, 0) is 5.75 Å². The molecule has 1 saturated carbocycles. The fourth-order valence-electron chi connectivity index (χ4n) is 4.10. The number of rotatable bonds is 5. The number of anilines is 1. The minimum absolute atomic E-state index is 0.241. The molecule has 0 unspecified atom stereocenters. The number of hydrogen-bond donors (Lipinski definition) is 1. The Morgan fingerprint density at radius 3 is 2.69 bits per heavy atom. The quantitative estimate of drug-likeness (QED) is 0.457. The van der Waals surface area contributed by atoms with Crippen LogP contribution in [-0.4, -0.2) is 11.2 Å². The van der Waals surface area contributed by atoms with Gasteiger partial charge in [0.15, 0.2) is 5.76 Å². The van der Waals surface area contributed by atoms with Gasteiger partial charge >= 0.3 is 0 Å². The van der Waals surface area contributed by atoms with E-state index in [9.17, 15) is 4.79 Å². The normalized spacial score (nSPS) is 15.0. The van der Waals surface area contributed by atoms with Crippen LogP contribution in [0.5, 0.6) is 0 Å². The molecule has 29 heavy (non-hydrogen) atoms. The Morgan fingerprint density at radius 1 is 1.17 bits per heavy atom. The predicted octanol–water partition coefficient (Wildman–Crippen LogP) is 7.52. The maximum atomic E-state index is 13.2. The molecule has 1 aromatic heterocycles. The largest absolute Gasteiger partial charge is 0.451 e. The van der Waals surface area contributed by atoms with E-state index in [2.05, 4.69) is 5.32 Å². The van der Waals surface area contributed by atoms with Crippen molar-refractivity contribution in [1.82, 2.24) is 0 Å². The minimum Gasteiger partial charge on any atom is -0.451 e. The van der Waals surface area contributed by atoms with E-state index in [1.54, 1.807) is 0 Å². The summed E-state index contributed by atoms with van der Waals surface area (Å²) in [6, 6.07) is 11.8. The van der Waals surface area contributed by atoms with Crippen molar-refractivity contribution < 1.29 is 9.21 Å². The zero-order valence-corrected chi connectivity index (χ0v) is 18.5. The molecule has 2 aromatic carbocycles. The first kappa shape index (κ1) is 20.4. The molecule has 1 heterocycles. The van der Waals surface area contributed by atoms with Gasteiger partial charge in [-0.05, 0) is 49.9 Å². The number of aryl methyl sites for hydroxylation is 2. The molecular weight excluding hydrogens is 402 g/mol. The summed E-state index contributed by atoms with van der Waals surface area (Å²) in [5.41, 5.74) is 4.39. The highest BCUT2D eigenvalue weighted by molar-refractivity contribution is 7.99. The molecule has 0 spiro atoms. The molecule has 1 aliphatic carbocycles. The van der Waals surface area contributed by atoms with E-state index in [1.807, 2.05) is 62.0 Å². The van der Waals surface area contributed by atoms with Gasteiger partial charge in [-0.15, -0.1) is 0 Å². The highest BCUT2D eigenvalue weighted by atomic mass is 35.5. The number of nitrogens with one attached hydrogen (secondary N) is 1. The second kappa shape index (κ2) is 8.85. The van der Waals surface area contributed by atoms with Gasteiger partial charge in [-0.25, -0.2) is 0 Å². The number of thioether (sulfide) groups is 1. The average molecular weight is 428 g/mol. The summed E-state index contributed by atoms with van der Waals surface area (Å²) in [5.74, 6) is 0.935. The lowest BCUT2D eigenvalue weighted by molar-refractivity contribution is 0.0997. The molecule has 0 saturated heterocycles. The third kappa shape index (κ3) is 4.49. The zero-order valence-electron chi connectivity index (χ0n) is 16.9. The van der Waals surface area contributed by atoms with Crippen molar-refractivity contribution in [2.24, 2.45) is 0 Å². The van der Waals surface area contributed by atoms with E-state index in [0.29, 0.717) is 21.7 Å². The summed E-state index contributed by atoms with van der Waals surface area (Å²) in [4.78, 5) is 13.2. The van der Waals surface area contributed by atoms with Crippen LogP contribution in [0, 0.1) is 13.8 Å². The van der Waals surface area contributed by atoms with Crippen molar-refractivity contribution in [3.05, 3.63) is 63.9 Å². The molecule has 3 aromatic rings. The van der Waals surface area contributed by atoms with Crippen LogP contribution >= 0.6 is 23.4 Å². The number of amides is 1. The van der Waals surface area contributed by atoms with Crippen molar-refractivity contribution in [2.75, 3.05) is 5.32 Å². The molecule has 1 aliphatic rings. The van der Waals surface area contributed by atoms with Crippen LogP contribution in [0.4, 0.5) is 5.69 Å². The highest BCUT2D eigenvalue weighted by Crippen LogP contribution is 2.36. The van der Waals surface area contributed by atoms with Crippen LogP contribution < -0.4 is 5.32 Å². The number of benzene rings is 2. The second-order valence-corrected chi connectivity index (χ2v) is 9.57. The van der Waals surface area contributed by atoms with Gasteiger partial charge in [0.25, 0.3) is 5.91 Å². The molecular formula is C24H26ClNO2S. The SMILES string of the molecule is Cc1cc(C)c(NC(=O)c2oc3ccccc3c2CSC2CCCCC2)c(Cl)c1. The molecule has 3 nitrogen and oxygen atoms in total. The first-order valence-electron chi connectivity index (χ1n) is 10.2. The van der Waals surface area contributed by atoms with E-state index in [-0.39, 0.29) is 5.91 Å². The smallest absolute Gasteiger partial charge is 0.291 e. The Kier molecular flexibility index (Phi) is 6.21. The Hall–Kier alpha value is -1.91. The van der Waals surface area contributed by atoms with E-state index < -0.39 is 0 Å². The first-order valence-corrected chi connectivity index (χ1v) is 11.7. The fraction of sp³-hybridized carbons (Fsp3) is 0.375. The topological polar surface area (TPSA) is 42.2 Å². The van der Waals surface area contributed by atoms with Crippen molar-refractivity contribution in [3.63, 3.8) is 0 Å². The lowest BCUT2D eigenvalue weighted by Crippen LogP contribution is -2.15. The van der Waals surface area contributed by atoms with Crippen LogP contribution in [0.25, 0.3) is 11.0 Å². The number of hydrogen-bond acceptors (Lipinski definition) is 3. The number of para-hydroxylation sites is 1. The van der Waals surface area contributed by atoms with Crippen LogP contribution in [0.15, 0.2) is 40.8 Å². The molecule has 1 N–H and O–H groups in total. The Balaban J connectivity index is 1.63. The van der Waals surface area contributed by atoms with Crippen LogP contribution in [0.3, 0.4) is 0 Å². The maximum Gasteiger partial charge on any atom is 0.291 e. The van der Waals surface area contributed by atoms with Crippen molar-refractivity contribution in [2.45, 2.75) is 57.0 Å². The molecule has 1 amide bonds. The van der Waals surface area contributed by atoms with Gasteiger partial charge in [-0.2, -0.15) is 11.8 Å². The summed E-state index contributed by atoms with van der Waals surface area (Å²) in [6.07, 6.45) is 6.49. The van der Waals surface area contributed by atoms with Crippen molar-refractivity contribution in [1.29, 1.82) is 0 Å². The third-order valence-corrected chi connectivity index (χ3v) is 7.29. The zero-order chi connectivity index (χ0) is 20.4. The monoisotopic (exact) mass is 427 g/mol. The summed E-state index contributed by atoms with van der Waals surface area (Å²) < 4.78 is 6.01. The molecule has 0 aliphatic heterocycles. The second-order valence-electron chi connectivity index (χ2n) is 7.87. The van der Waals surface area contributed by atoms with E-state index >= 15 is 0 Å². The molecule has 0 radical (unpaired) electrons. The first-order chi connectivity index (χ1) is 14.0. The van der Waals surface area contributed by atoms with Gasteiger partial charge in [-0.1, -0.05) is 55.1 Å². The maximum absolute atomic E-state index is 13.2. The highest BCUT2D eigenvalue weighted by Gasteiger charge is 2.23. The van der Waals surface area contributed by atoms with Gasteiger partial charge in [0, 0.05) is 22.0 Å². The predicted molar refractivity (Wildman–Crippen MR) is 123 cm³/mol. The van der Waals surface area contributed by atoms with Crippen molar-refractivity contribution >= 4 is 45.9 Å². The fourth-order valence-corrected chi connectivity index (χ4v) is 5.83. The van der Waals surface area contributed by atoms with Crippen molar-refractivity contribution in [3.8, 4) is 0 Å². The number of carbonyl (C=O) groups excluding carboxylic acids is 1. The molecule has 0 atom stereocenters. The number of fused-ring (bicyclic) bond motifs is 1. The summed E-state index contributed by atoms with van der Waals surface area (Å²) >= 11 is 8.35. The third-order valence-electron chi connectivity index (χ3n) is 5.59. The minimum atomic E-state index is -0.241. The lowest BCUT2D eigenvalue weighted by atomic mass is 10.0. The molecule has 5 heteroatoms. The van der Waals surface area contributed by atoms with Gasteiger partial charge in [-0.3, -0.25) is 4.79 Å². The van der Waals surface area contributed by atoms with Gasteiger partial charge in [0.1, 0.15) is 5.58 Å². The average Bonchev–Trinajstić information content (AvgIpc) is 3.08. The van der Waals surface area contributed by atoms with E-state index in [1.165, 1.54) is 32.1 Å². The van der Waals surface area contributed by atoms with E-state index in [4.69, 9.17) is 16.0 Å². The van der Waals surface area contributed by atoms with Gasteiger partial charge < -0.3 is 9.73 Å². The Labute approximate surface area is 181 Å². The number of carbonyl (C=O) groups is 1. The van der Waals surface area contributed by atoms with E-state index in [0.717, 1.165) is 33.4 Å². The Bertz CT molecular complexity index is 1010. The number of halogens is 1. The number of furan rings is 1. The standard InChI is InChI=1S/C24H26ClNO2S/c1-15-12-16(2)22(20(25)13-15)26-24(27)23-19(14-29-17-8-4-3-5-9-17)18-10-6-7-11-21(18)28-23/h6-7,10-13,17H,3-5,8-9,14H2,1-2H3,(H,26,27). The van der Waals surface area contributed by atoms with Gasteiger partial charge in [0.05, 0.1) is 10.7 Å². The molecule has 4 rings (SSSR count). The summed E-state index contributed by atoms with van der Waals surface area (Å²) in [7, 11) is 0. The summed E-state index contributed by atoms with van der Waals surface area (Å²) in [5, 5.41) is 5.22. The summed E-state index contributed by atoms with van der Waals surface area (Å²) in [6.45, 7) is 3.94. The van der Waals surface area contributed by atoms with Gasteiger partial charge in [0.2, 0.25) is 0 Å². The van der Waals surface area contributed by atoms with Crippen LogP contribution in [0.1, 0.15) is 59.3 Å². The Morgan fingerprint density at radius 2 is 1.93 bits per heavy atom.